The number of nitrogens with one attached hydrogen (secondary N) is 2. The van der Waals surface area contributed by atoms with Gasteiger partial charge in [0.15, 0.2) is 36.3 Å². The first-order valence-corrected chi connectivity index (χ1v) is 25.6. The van der Waals surface area contributed by atoms with Crippen molar-refractivity contribution in [2.45, 2.75) is 74.6 Å². The molecule has 0 saturated heterocycles. The Morgan fingerprint density at radius 2 is 0.940 bits per heavy atom. The standard InChI is InChI=1S/C48H79N11O24/c1-6-11-73-16-17-76-18-19-77-20-21-78-22-23-79-48(72)59(9-14-74-12-7-57(4)46(70)82-38(32(64)26-60)40-36(53-28(2)62)30(55-44(49)50)24-34(80-40)42(66)67)10-15-75-13-8-58(5)47(71)83-39(33(65)27-61)41-37(54-29(3)63)31(56-45(51)52)25-35(81-41)43(68)69/h1,24-25,30-33,36-41,60-61,64-65H,7-23,26-27H2,2-5H3,(H,53,62)(H,54,63)(H,66,67)(H,68,69)(H4,49,50,55)(H4,51,52,56)/t30-,31-,32+,33+,36+,37+,38+,39+,40+,41+/m0/s1. The minimum atomic E-state index is -1.88. The number of carbonyl (C=O) groups is 7. The first-order chi connectivity index (χ1) is 39.4. The molecule has 35 heteroatoms. The van der Waals surface area contributed by atoms with Crippen molar-refractivity contribution in [3.8, 4) is 12.3 Å². The van der Waals surface area contributed by atoms with Crippen molar-refractivity contribution in [3.63, 3.8) is 0 Å². The van der Waals surface area contributed by atoms with Gasteiger partial charge in [-0.1, -0.05) is 5.92 Å². The Kier molecular flexibility index (Phi) is 33.7. The molecule has 10 atom stereocenters. The van der Waals surface area contributed by atoms with Crippen molar-refractivity contribution in [2.24, 2.45) is 32.9 Å². The summed E-state index contributed by atoms with van der Waals surface area (Å²) < 4.78 is 60.4. The number of rotatable bonds is 39. The van der Waals surface area contributed by atoms with Crippen molar-refractivity contribution >= 4 is 54.0 Å². The van der Waals surface area contributed by atoms with Crippen LogP contribution in [0.1, 0.15) is 13.8 Å². The Balaban J connectivity index is 2.10. The summed E-state index contributed by atoms with van der Waals surface area (Å²) in [7, 11) is 2.58. The number of carbonyl (C=O) groups excluding carboxylic acids is 5. The maximum absolute atomic E-state index is 13.4. The molecule has 0 fully saturated rings. The third-order valence-electron chi connectivity index (χ3n) is 11.4. The molecule has 2 heterocycles. The predicted octanol–water partition coefficient (Wildman–Crippen LogP) is -6.23. The van der Waals surface area contributed by atoms with E-state index in [2.05, 4.69) is 26.5 Å². The van der Waals surface area contributed by atoms with Crippen LogP contribution < -0.4 is 33.6 Å². The summed E-state index contributed by atoms with van der Waals surface area (Å²) in [6.07, 6.45) is -6.58. The van der Waals surface area contributed by atoms with Gasteiger partial charge in [0.05, 0.1) is 110 Å². The van der Waals surface area contributed by atoms with Crippen molar-refractivity contribution in [1.82, 2.24) is 25.3 Å². The summed E-state index contributed by atoms with van der Waals surface area (Å²) in [5, 5.41) is 65.9. The summed E-state index contributed by atoms with van der Waals surface area (Å²) in [5.74, 6) is -4.55. The second-order valence-corrected chi connectivity index (χ2v) is 17.8. The smallest absolute Gasteiger partial charge is 0.410 e. The van der Waals surface area contributed by atoms with Crippen molar-refractivity contribution in [2.75, 3.05) is 139 Å². The molecule has 0 aromatic carbocycles. The second kappa shape index (κ2) is 39.0. The molecule has 0 aromatic rings. The van der Waals surface area contributed by atoms with Gasteiger partial charge in [-0.3, -0.25) is 9.59 Å². The van der Waals surface area contributed by atoms with E-state index in [-0.39, 0.29) is 85.6 Å². The zero-order valence-corrected chi connectivity index (χ0v) is 46.5. The maximum atomic E-state index is 13.4. The van der Waals surface area contributed by atoms with Crippen LogP contribution in [0.5, 0.6) is 0 Å². The molecular formula is C48H79N11O24. The summed E-state index contributed by atoms with van der Waals surface area (Å²) in [4.78, 5) is 99.6. The number of amides is 5. The van der Waals surface area contributed by atoms with Gasteiger partial charge >= 0.3 is 30.2 Å². The maximum Gasteiger partial charge on any atom is 0.410 e. The molecule has 5 amide bonds. The molecule has 0 aromatic heterocycles. The van der Waals surface area contributed by atoms with Crippen LogP contribution >= 0.6 is 0 Å². The SMILES string of the molecule is C#CCOCCOCCOCCOCCOC(=O)N(CCOCCN(C)C(=O)O[C@@H]([C@@H]1OC(C(=O)O)=C[C@H](N=C(N)N)[C@H]1NC(C)=O)[C@H](O)CO)CCOCCN(C)C(=O)O[C@@H]([C@@H]1OC(C(=O)O)=C[C@H](N=C(N)N)[C@H]1NC(C)=O)[C@H](O)CO. The number of guanidine groups is 2. The highest BCUT2D eigenvalue weighted by atomic mass is 16.6. The number of nitrogens with zero attached hydrogens (tertiary/aromatic N) is 5. The normalized spacial score (nSPS) is 19.6. The number of likely N-dealkylation sites (N-methyl/N-ethyl adjacent to an activating group) is 2. The molecule has 0 saturated carbocycles. The Morgan fingerprint density at radius 1 is 0.590 bits per heavy atom. The Bertz CT molecular complexity index is 2110. The summed E-state index contributed by atoms with van der Waals surface area (Å²) in [5.41, 5.74) is 22.2. The van der Waals surface area contributed by atoms with Crippen LogP contribution in [0.4, 0.5) is 14.4 Å². The van der Waals surface area contributed by atoms with E-state index in [0.29, 0.717) is 26.4 Å². The number of nitrogens with two attached hydrogens (primary N) is 4. The predicted molar refractivity (Wildman–Crippen MR) is 284 cm³/mol. The molecule has 470 valence electrons. The number of aliphatic hydroxyl groups excluding tert-OH is 4. The summed E-state index contributed by atoms with van der Waals surface area (Å²) in [6.45, 7) is 0.833. The third kappa shape index (κ3) is 26.9. The Morgan fingerprint density at radius 3 is 1.28 bits per heavy atom. The highest BCUT2D eigenvalue weighted by Crippen LogP contribution is 2.29. The highest BCUT2D eigenvalue weighted by Gasteiger charge is 2.48. The van der Waals surface area contributed by atoms with E-state index in [1.165, 1.54) is 19.0 Å². The van der Waals surface area contributed by atoms with Crippen molar-refractivity contribution in [3.05, 3.63) is 23.7 Å². The second-order valence-electron chi connectivity index (χ2n) is 17.8. The van der Waals surface area contributed by atoms with Crippen LogP contribution in [0.15, 0.2) is 33.7 Å². The molecule has 16 N–H and O–H groups in total. The summed E-state index contributed by atoms with van der Waals surface area (Å²) in [6, 6.07) is -5.20. The number of carboxylic acid groups (broad SMARTS) is 2. The van der Waals surface area contributed by atoms with Gasteiger partial charge in [0, 0.05) is 54.1 Å². The lowest BCUT2D eigenvalue weighted by molar-refractivity contribution is -0.147. The number of hydrogen-bond donors (Lipinski definition) is 12. The van der Waals surface area contributed by atoms with Crippen LogP contribution in [-0.2, 0) is 71.3 Å². The molecule has 0 spiro atoms. The van der Waals surface area contributed by atoms with E-state index in [9.17, 15) is 64.2 Å². The van der Waals surface area contributed by atoms with E-state index < -0.39 is 139 Å². The number of carboxylic acids is 2. The number of aliphatic carboxylic acids is 2. The molecule has 2 aliphatic rings. The monoisotopic (exact) mass is 1190 g/mol. The van der Waals surface area contributed by atoms with Crippen LogP contribution in [0.25, 0.3) is 0 Å². The quantitative estimate of drug-likeness (QED) is 0.00896. The van der Waals surface area contributed by atoms with E-state index in [1.807, 2.05) is 0 Å². The largest absolute Gasteiger partial charge is 0.477 e. The molecule has 2 rings (SSSR count). The molecule has 0 aliphatic carbocycles. The lowest BCUT2D eigenvalue weighted by Gasteiger charge is -2.40. The number of terminal acetylenes is 1. The Labute approximate surface area is 477 Å². The molecule has 35 nitrogen and oxygen atoms in total. The first kappa shape index (κ1) is 71.6. The van der Waals surface area contributed by atoms with E-state index in [4.69, 9.17) is 81.5 Å². The Hall–Kier alpha value is -7.53. The third-order valence-corrected chi connectivity index (χ3v) is 11.4. The minimum Gasteiger partial charge on any atom is -0.477 e. The fraction of sp³-hybridized carbons (Fsp3) is 0.688. The molecule has 0 bridgehead atoms. The van der Waals surface area contributed by atoms with E-state index in [1.54, 1.807) is 0 Å². The van der Waals surface area contributed by atoms with Gasteiger partial charge in [-0.05, 0) is 12.2 Å². The molecule has 2 aliphatic heterocycles. The topological polar surface area (TPSA) is 505 Å². The van der Waals surface area contributed by atoms with Gasteiger partial charge < -0.3 is 131 Å². The zero-order chi connectivity index (χ0) is 62.0. The number of aliphatic imine (C=N–C) groups is 2. The van der Waals surface area contributed by atoms with Crippen molar-refractivity contribution in [1.29, 1.82) is 0 Å². The minimum absolute atomic E-state index is 0.000282. The van der Waals surface area contributed by atoms with Crippen LogP contribution in [-0.4, -0.2) is 299 Å². The van der Waals surface area contributed by atoms with Gasteiger partial charge in [-0.25, -0.2) is 34.0 Å². The molecule has 0 radical (unpaired) electrons. The number of hydrogen-bond acceptors (Lipinski definition) is 24. The van der Waals surface area contributed by atoms with Gasteiger partial charge in [-0.15, -0.1) is 6.42 Å². The molecular weight excluding hydrogens is 1110 g/mol. The van der Waals surface area contributed by atoms with E-state index in [0.717, 1.165) is 35.8 Å². The fourth-order valence-corrected chi connectivity index (χ4v) is 7.45. The lowest BCUT2D eigenvalue weighted by atomic mass is 9.92. The van der Waals surface area contributed by atoms with Gasteiger partial charge in [0.1, 0.15) is 25.4 Å². The van der Waals surface area contributed by atoms with Gasteiger partial charge in [0.2, 0.25) is 23.3 Å². The van der Waals surface area contributed by atoms with Crippen molar-refractivity contribution < 1.29 is 116 Å². The number of aliphatic hydroxyl groups is 4. The van der Waals surface area contributed by atoms with Crippen LogP contribution in [0.2, 0.25) is 0 Å². The average molecular weight is 1190 g/mol. The fourth-order valence-electron chi connectivity index (χ4n) is 7.45. The average Bonchev–Trinajstić information content (AvgIpc) is 3.62. The van der Waals surface area contributed by atoms with Gasteiger partial charge in [0.25, 0.3) is 0 Å². The number of ether oxygens (including phenoxy) is 11. The highest BCUT2D eigenvalue weighted by molar-refractivity contribution is 5.86. The van der Waals surface area contributed by atoms with Crippen LogP contribution in [0, 0.1) is 12.3 Å². The van der Waals surface area contributed by atoms with Gasteiger partial charge in [-0.2, -0.15) is 0 Å². The molecule has 83 heavy (non-hydrogen) atoms. The molecule has 0 unspecified atom stereocenters. The lowest BCUT2D eigenvalue weighted by Crippen LogP contribution is -2.61. The van der Waals surface area contributed by atoms with E-state index >= 15 is 0 Å². The summed E-state index contributed by atoms with van der Waals surface area (Å²) >= 11 is 0. The first-order valence-electron chi connectivity index (χ1n) is 25.6. The van der Waals surface area contributed by atoms with Crippen LogP contribution in [0.3, 0.4) is 0 Å². The zero-order valence-electron chi connectivity index (χ0n) is 46.5.